The fraction of sp³-hybridized carbons (Fsp3) is 0.286. The molecule has 1 amide bonds. The van der Waals surface area contributed by atoms with Crippen LogP contribution in [0.5, 0.6) is 0 Å². The van der Waals surface area contributed by atoms with Crippen LogP contribution in [0.4, 0.5) is 5.69 Å². The molecule has 4 rings (SSSR count). The molecule has 0 aliphatic heterocycles. The maximum absolute atomic E-state index is 12.9. The number of hydrogen-bond acceptors (Lipinski definition) is 5. The molecule has 186 valence electrons. The van der Waals surface area contributed by atoms with Crippen molar-refractivity contribution < 1.29 is 4.79 Å². The third-order valence-electron chi connectivity index (χ3n) is 5.93. The van der Waals surface area contributed by atoms with Gasteiger partial charge in [0.05, 0.1) is 28.5 Å². The van der Waals surface area contributed by atoms with Crippen LogP contribution in [-0.2, 0) is 16.8 Å². The highest BCUT2D eigenvalue weighted by atomic mass is 32.2. The Bertz CT molecular complexity index is 1360. The Labute approximate surface area is 216 Å². The minimum atomic E-state index is -0.122. The maximum atomic E-state index is 12.9. The van der Waals surface area contributed by atoms with Crippen LogP contribution in [-0.4, -0.2) is 36.2 Å². The van der Waals surface area contributed by atoms with Crippen molar-refractivity contribution in [2.24, 2.45) is 0 Å². The van der Waals surface area contributed by atoms with E-state index in [-0.39, 0.29) is 17.1 Å². The quantitative estimate of drug-likeness (QED) is 0.238. The highest BCUT2D eigenvalue weighted by molar-refractivity contribution is 7.99. The SMILES string of the molecule is C=CCn1c(SCC(=O)Nc2c(C)nn(-c3ccccc3)c2C)nnc1-c1ccc(C(C)(C)C)cc1. The summed E-state index contributed by atoms with van der Waals surface area (Å²) >= 11 is 1.35. The minimum Gasteiger partial charge on any atom is -0.322 e. The fourth-order valence-corrected chi connectivity index (χ4v) is 4.72. The summed E-state index contributed by atoms with van der Waals surface area (Å²) in [5, 5.41) is 17.1. The van der Waals surface area contributed by atoms with Gasteiger partial charge in [0, 0.05) is 12.1 Å². The first-order chi connectivity index (χ1) is 17.2. The molecule has 0 bridgehead atoms. The van der Waals surface area contributed by atoms with Crippen molar-refractivity contribution >= 4 is 23.4 Å². The van der Waals surface area contributed by atoms with Gasteiger partial charge in [-0.2, -0.15) is 5.10 Å². The molecule has 0 aliphatic rings. The molecule has 8 heteroatoms. The second-order valence-electron chi connectivity index (χ2n) is 9.66. The molecule has 0 fully saturated rings. The highest BCUT2D eigenvalue weighted by Crippen LogP contribution is 2.28. The molecule has 2 aromatic carbocycles. The molecule has 4 aromatic rings. The van der Waals surface area contributed by atoms with Crippen molar-refractivity contribution in [3.05, 3.63) is 84.2 Å². The molecular formula is C28H32N6OS. The van der Waals surface area contributed by atoms with E-state index in [1.54, 1.807) is 0 Å². The highest BCUT2D eigenvalue weighted by Gasteiger charge is 2.19. The summed E-state index contributed by atoms with van der Waals surface area (Å²) in [5.74, 6) is 0.838. The molecule has 0 unspecified atom stereocenters. The molecule has 2 heterocycles. The lowest BCUT2D eigenvalue weighted by Crippen LogP contribution is -2.16. The number of anilines is 1. The molecule has 7 nitrogen and oxygen atoms in total. The van der Waals surface area contributed by atoms with Gasteiger partial charge in [-0.1, -0.05) is 81.1 Å². The topological polar surface area (TPSA) is 77.6 Å². The number of amides is 1. The summed E-state index contributed by atoms with van der Waals surface area (Å²) in [6.07, 6.45) is 1.81. The maximum Gasteiger partial charge on any atom is 0.234 e. The number of rotatable bonds is 8. The number of aromatic nitrogens is 5. The average Bonchev–Trinajstić information content (AvgIpc) is 3.38. The monoisotopic (exact) mass is 500 g/mol. The first-order valence-corrected chi connectivity index (χ1v) is 12.9. The summed E-state index contributed by atoms with van der Waals surface area (Å²) in [7, 11) is 0. The van der Waals surface area contributed by atoms with Crippen molar-refractivity contribution in [3.8, 4) is 17.1 Å². The van der Waals surface area contributed by atoms with E-state index in [4.69, 9.17) is 0 Å². The van der Waals surface area contributed by atoms with Crippen LogP contribution < -0.4 is 5.32 Å². The van der Waals surface area contributed by atoms with Gasteiger partial charge in [0.25, 0.3) is 0 Å². The van der Waals surface area contributed by atoms with E-state index in [9.17, 15) is 4.79 Å². The Kier molecular flexibility index (Phi) is 7.45. The van der Waals surface area contributed by atoms with E-state index in [1.165, 1.54) is 17.3 Å². The molecule has 0 aliphatic carbocycles. The molecule has 0 spiro atoms. The lowest BCUT2D eigenvalue weighted by atomic mass is 9.87. The van der Waals surface area contributed by atoms with Crippen LogP contribution in [0.2, 0.25) is 0 Å². The Morgan fingerprint density at radius 3 is 2.39 bits per heavy atom. The van der Waals surface area contributed by atoms with Crippen LogP contribution in [0.1, 0.15) is 37.7 Å². The molecule has 0 atom stereocenters. The van der Waals surface area contributed by atoms with Crippen molar-refractivity contribution in [1.82, 2.24) is 24.5 Å². The molecule has 36 heavy (non-hydrogen) atoms. The standard InChI is InChI=1S/C28H32N6OS/c1-7-17-33-26(21-13-15-22(16-14-21)28(4,5)6)30-31-27(33)36-18-24(35)29-25-19(2)32-34(20(25)3)23-11-9-8-10-12-23/h7-16H,1,17-18H2,2-6H3,(H,29,35). The van der Waals surface area contributed by atoms with Gasteiger partial charge in [0.1, 0.15) is 0 Å². The summed E-state index contributed by atoms with van der Waals surface area (Å²) < 4.78 is 3.83. The number of benzene rings is 2. The van der Waals surface area contributed by atoms with Gasteiger partial charge in [0.2, 0.25) is 5.91 Å². The number of carbonyl (C=O) groups is 1. The zero-order valence-corrected chi connectivity index (χ0v) is 22.3. The van der Waals surface area contributed by atoms with Crippen LogP contribution in [0.25, 0.3) is 17.1 Å². The van der Waals surface area contributed by atoms with Crippen LogP contribution in [0.3, 0.4) is 0 Å². The molecule has 2 aromatic heterocycles. The van der Waals surface area contributed by atoms with Crippen molar-refractivity contribution in [1.29, 1.82) is 0 Å². The predicted octanol–water partition coefficient (Wildman–Crippen LogP) is 5.96. The average molecular weight is 501 g/mol. The van der Waals surface area contributed by atoms with E-state index in [2.05, 4.69) is 72.2 Å². The summed E-state index contributed by atoms with van der Waals surface area (Å²) in [6, 6.07) is 18.3. The van der Waals surface area contributed by atoms with Gasteiger partial charge in [-0.25, -0.2) is 4.68 Å². The normalized spacial score (nSPS) is 11.5. The number of nitrogens with one attached hydrogen (secondary N) is 1. The summed E-state index contributed by atoms with van der Waals surface area (Å²) in [4.78, 5) is 12.9. The molecule has 0 saturated heterocycles. The number of thioether (sulfide) groups is 1. The van der Waals surface area contributed by atoms with Gasteiger partial charge in [-0.3, -0.25) is 9.36 Å². The molecule has 0 radical (unpaired) electrons. The van der Waals surface area contributed by atoms with E-state index in [1.807, 2.05) is 59.5 Å². The zero-order chi connectivity index (χ0) is 25.9. The number of hydrogen-bond donors (Lipinski definition) is 1. The third-order valence-corrected chi connectivity index (χ3v) is 6.89. The van der Waals surface area contributed by atoms with Gasteiger partial charge >= 0.3 is 0 Å². The number of carbonyl (C=O) groups excluding carboxylic acids is 1. The van der Waals surface area contributed by atoms with Crippen molar-refractivity contribution in [3.63, 3.8) is 0 Å². The second-order valence-corrected chi connectivity index (χ2v) is 10.6. The van der Waals surface area contributed by atoms with Gasteiger partial charge in [0.15, 0.2) is 11.0 Å². The van der Waals surface area contributed by atoms with Gasteiger partial charge in [-0.05, 0) is 37.0 Å². The third kappa shape index (κ3) is 5.44. The first kappa shape index (κ1) is 25.4. The zero-order valence-electron chi connectivity index (χ0n) is 21.4. The van der Waals surface area contributed by atoms with Crippen LogP contribution in [0, 0.1) is 13.8 Å². The van der Waals surface area contributed by atoms with Gasteiger partial charge in [-0.15, -0.1) is 16.8 Å². The van der Waals surface area contributed by atoms with Crippen molar-refractivity contribution in [2.45, 2.75) is 51.7 Å². The summed E-state index contributed by atoms with van der Waals surface area (Å²) in [5.41, 5.74) is 5.65. The number of aryl methyl sites for hydroxylation is 1. The van der Waals surface area contributed by atoms with E-state index in [0.29, 0.717) is 11.7 Å². The summed E-state index contributed by atoms with van der Waals surface area (Å²) in [6.45, 7) is 14.9. The lowest BCUT2D eigenvalue weighted by molar-refractivity contribution is -0.113. The first-order valence-electron chi connectivity index (χ1n) is 11.9. The Balaban J connectivity index is 1.48. The molecular weight excluding hydrogens is 468 g/mol. The Morgan fingerprint density at radius 1 is 1.06 bits per heavy atom. The van der Waals surface area contributed by atoms with Crippen LogP contribution >= 0.6 is 11.8 Å². The minimum absolute atomic E-state index is 0.0794. The van der Waals surface area contributed by atoms with Gasteiger partial charge < -0.3 is 5.32 Å². The number of nitrogens with zero attached hydrogens (tertiary/aromatic N) is 5. The smallest absolute Gasteiger partial charge is 0.234 e. The number of allylic oxidation sites excluding steroid dienone is 1. The number of para-hydroxylation sites is 1. The van der Waals surface area contributed by atoms with E-state index >= 15 is 0 Å². The van der Waals surface area contributed by atoms with E-state index < -0.39 is 0 Å². The van der Waals surface area contributed by atoms with Crippen molar-refractivity contribution in [2.75, 3.05) is 11.1 Å². The Hall–Kier alpha value is -3.65. The second kappa shape index (κ2) is 10.5. The van der Waals surface area contributed by atoms with Crippen LogP contribution in [0.15, 0.2) is 72.4 Å². The Morgan fingerprint density at radius 2 is 1.75 bits per heavy atom. The largest absolute Gasteiger partial charge is 0.322 e. The fourth-order valence-electron chi connectivity index (χ4n) is 3.97. The van der Waals surface area contributed by atoms with E-state index in [0.717, 1.165) is 34.2 Å². The molecule has 0 saturated carbocycles. The lowest BCUT2D eigenvalue weighted by Gasteiger charge is -2.19. The predicted molar refractivity (Wildman–Crippen MR) is 147 cm³/mol. The molecule has 1 N–H and O–H groups in total.